The molecule has 0 saturated carbocycles. The molecule has 0 aromatic heterocycles. The monoisotopic (exact) mass is 458 g/mol. The molecular formula is C23H30N4O4S. The van der Waals surface area contributed by atoms with Crippen LogP contribution in [0.15, 0.2) is 59.5 Å². The quantitative estimate of drug-likeness (QED) is 0.557. The molecule has 1 atom stereocenters. The first kappa shape index (κ1) is 23.7. The molecule has 1 aliphatic rings. The van der Waals surface area contributed by atoms with Gasteiger partial charge in [0, 0.05) is 25.7 Å². The second-order valence-corrected chi connectivity index (χ2v) is 9.95. The summed E-state index contributed by atoms with van der Waals surface area (Å²) in [6.07, 6.45) is 2.55. The second-order valence-electron chi connectivity index (χ2n) is 7.98. The van der Waals surface area contributed by atoms with E-state index in [9.17, 15) is 18.0 Å². The van der Waals surface area contributed by atoms with Gasteiger partial charge in [-0.1, -0.05) is 18.2 Å². The largest absolute Gasteiger partial charge is 0.369 e. The number of nitrogens with two attached hydrogens (primary N) is 1. The van der Waals surface area contributed by atoms with Crippen LogP contribution in [-0.2, 0) is 14.8 Å². The summed E-state index contributed by atoms with van der Waals surface area (Å²) in [5, 5.41) is 2.86. The van der Waals surface area contributed by atoms with Gasteiger partial charge in [0.1, 0.15) is 0 Å². The Hall–Kier alpha value is -2.91. The van der Waals surface area contributed by atoms with Gasteiger partial charge in [-0.2, -0.15) is 0 Å². The normalized spacial score (nSPS) is 17.0. The number of nitrogens with zero attached hydrogens (tertiary/aromatic N) is 2. The summed E-state index contributed by atoms with van der Waals surface area (Å²) in [5.74, 6) is -0.587. The van der Waals surface area contributed by atoms with Crippen LogP contribution < -0.4 is 15.4 Å². The number of anilines is 1. The first-order valence-electron chi connectivity index (χ1n) is 10.7. The van der Waals surface area contributed by atoms with E-state index >= 15 is 0 Å². The van der Waals surface area contributed by atoms with E-state index in [1.54, 1.807) is 24.3 Å². The number of nitrogens with one attached hydrogen (secondary N) is 1. The number of benzene rings is 2. The van der Waals surface area contributed by atoms with E-state index in [-0.39, 0.29) is 22.6 Å². The highest BCUT2D eigenvalue weighted by Crippen LogP contribution is 2.22. The lowest BCUT2D eigenvalue weighted by Crippen LogP contribution is -2.42. The molecule has 172 valence electrons. The van der Waals surface area contributed by atoms with Gasteiger partial charge in [0.05, 0.1) is 16.5 Å². The number of carbonyl (C=O) groups is 2. The number of amides is 2. The number of carbonyl (C=O) groups excluding carboxylic acids is 2. The molecule has 0 radical (unpaired) electrons. The molecule has 9 heteroatoms. The Labute approximate surface area is 189 Å². The molecule has 1 heterocycles. The van der Waals surface area contributed by atoms with Crippen LogP contribution in [0, 0.1) is 5.92 Å². The number of hydrogen-bond donors (Lipinski definition) is 2. The zero-order chi connectivity index (χ0) is 23.1. The average molecular weight is 459 g/mol. The standard InChI is InChI=1S/C23H30N4O4S/c1-26(20-8-3-2-4-9-20)32(30,31)21-12-10-18(11-13-21)23(29)25-14-6-16-27-15-5-7-19(17-27)22(24)28/h2-4,8-13,19H,5-7,14-17H2,1H3,(H2,24,28)(H,25,29). The van der Waals surface area contributed by atoms with Gasteiger partial charge < -0.3 is 16.0 Å². The third-order valence-electron chi connectivity index (χ3n) is 5.74. The van der Waals surface area contributed by atoms with Crippen molar-refractivity contribution in [2.75, 3.05) is 37.5 Å². The lowest BCUT2D eigenvalue weighted by atomic mass is 9.97. The highest BCUT2D eigenvalue weighted by molar-refractivity contribution is 7.92. The number of piperidine rings is 1. The fourth-order valence-electron chi connectivity index (χ4n) is 3.81. The van der Waals surface area contributed by atoms with E-state index in [4.69, 9.17) is 5.73 Å². The SMILES string of the molecule is CN(c1ccccc1)S(=O)(=O)c1ccc(C(=O)NCCCN2CCCC(C(N)=O)C2)cc1. The number of sulfonamides is 1. The molecule has 2 aromatic carbocycles. The molecule has 3 rings (SSSR count). The number of primary amides is 1. The van der Waals surface area contributed by atoms with Crippen LogP contribution in [0.2, 0.25) is 0 Å². The van der Waals surface area contributed by atoms with Crippen molar-refractivity contribution >= 4 is 27.5 Å². The van der Waals surface area contributed by atoms with Gasteiger partial charge in [0.25, 0.3) is 15.9 Å². The number of rotatable bonds is 9. The zero-order valence-electron chi connectivity index (χ0n) is 18.2. The molecule has 0 aliphatic carbocycles. The van der Waals surface area contributed by atoms with Gasteiger partial charge in [-0.3, -0.25) is 13.9 Å². The van der Waals surface area contributed by atoms with Gasteiger partial charge in [-0.05, 0) is 68.8 Å². The predicted octanol–water partition coefficient (Wildman–Crippen LogP) is 1.83. The smallest absolute Gasteiger partial charge is 0.264 e. The van der Waals surface area contributed by atoms with Crippen molar-refractivity contribution in [1.29, 1.82) is 0 Å². The summed E-state index contributed by atoms with van der Waals surface area (Å²) in [5.41, 5.74) is 6.37. The first-order chi connectivity index (χ1) is 15.3. The van der Waals surface area contributed by atoms with Crippen molar-refractivity contribution in [1.82, 2.24) is 10.2 Å². The molecule has 0 bridgehead atoms. The maximum absolute atomic E-state index is 12.8. The third kappa shape index (κ3) is 5.86. The molecule has 2 amide bonds. The average Bonchev–Trinajstić information content (AvgIpc) is 2.82. The van der Waals surface area contributed by atoms with Crippen LogP contribution in [0.4, 0.5) is 5.69 Å². The summed E-state index contributed by atoms with van der Waals surface area (Å²) in [6, 6.07) is 14.7. The van der Waals surface area contributed by atoms with E-state index in [1.165, 1.54) is 35.6 Å². The Morgan fingerprint density at radius 3 is 2.47 bits per heavy atom. The molecule has 1 unspecified atom stereocenters. The van der Waals surface area contributed by atoms with Crippen molar-refractivity contribution in [3.8, 4) is 0 Å². The van der Waals surface area contributed by atoms with E-state index in [1.807, 2.05) is 6.07 Å². The topological polar surface area (TPSA) is 113 Å². The second kappa shape index (κ2) is 10.6. The predicted molar refractivity (Wildman–Crippen MR) is 124 cm³/mol. The number of hydrogen-bond acceptors (Lipinski definition) is 5. The fraction of sp³-hybridized carbons (Fsp3) is 0.391. The van der Waals surface area contributed by atoms with Crippen molar-refractivity contribution < 1.29 is 18.0 Å². The summed E-state index contributed by atoms with van der Waals surface area (Å²) >= 11 is 0. The lowest BCUT2D eigenvalue weighted by molar-refractivity contribution is -0.123. The Balaban J connectivity index is 1.50. The Bertz CT molecular complexity index is 1030. The van der Waals surface area contributed by atoms with Crippen LogP contribution >= 0.6 is 0 Å². The van der Waals surface area contributed by atoms with E-state index in [0.717, 1.165) is 32.4 Å². The summed E-state index contributed by atoms with van der Waals surface area (Å²) in [6.45, 7) is 2.89. The third-order valence-corrected chi connectivity index (χ3v) is 7.54. The highest BCUT2D eigenvalue weighted by Gasteiger charge is 2.24. The minimum absolute atomic E-state index is 0.0888. The molecule has 32 heavy (non-hydrogen) atoms. The first-order valence-corrected chi connectivity index (χ1v) is 12.2. The van der Waals surface area contributed by atoms with Gasteiger partial charge in [-0.15, -0.1) is 0 Å². The van der Waals surface area contributed by atoms with Crippen molar-refractivity contribution in [2.24, 2.45) is 11.7 Å². The molecule has 1 aliphatic heterocycles. The molecule has 3 N–H and O–H groups in total. The fourth-order valence-corrected chi connectivity index (χ4v) is 5.01. The summed E-state index contributed by atoms with van der Waals surface area (Å²) < 4.78 is 26.9. The maximum atomic E-state index is 12.8. The van der Waals surface area contributed by atoms with Gasteiger partial charge in [0.15, 0.2) is 0 Å². The van der Waals surface area contributed by atoms with Crippen LogP contribution in [0.25, 0.3) is 0 Å². The van der Waals surface area contributed by atoms with E-state index < -0.39 is 10.0 Å². The molecule has 1 fully saturated rings. The van der Waals surface area contributed by atoms with Gasteiger partial charge >= 0.3 is 0 Å². The molecule has 1 saturated heterocycles. The Morgan fingerprint density at radius 2 is 1.81 bits per heavy atom. The van der Waals surface area contributed by atoms with Gasteiger partial charge in [-0.25, -0.2) is 8.42 Å². The van der Waals surface area contributed by atoms with Crippen LogP contribution in [0.1, 0.15) is 29.6 Å². The number of para-hydroxylation sites is 1. The minimum atomic E-state index is -3.72. The van der Waals surface area contributed by atoms with E-state index in [0.29, 0.717) is 24.3 Å². The van der Waals surface area contributed by atoms with Crippen LogP contribution in [0.3, 0.4) is 0 Å². The minimum Gasteiger partial charge on any atom is -0.369 e. The number of likely N-dealkylation sites (tertiary alicyclic amines) is 1. The van der Waals surface area contributed by atoms with E-state index in [2.05, 4.69) is 10.2 Å². The molecule has 0 spiro atoms. The van der Waals surface area contributed by atoms with Crippen LogP contribution in [0.5, 0.6) is 0 Å². The van der Waals surface area contributed by atoms with Crippen LogP contribution in [-0.4, -0.2) is 58.4 Å². The van der Waals surface area contributed by atoms with Crippen molar-refractivity contribution in [3.05, 3.63) is 60.2 Å². The van der Waals surface area contributed by atoms with Crippen molar-refractivity contribution in [3.63, 3.8) is 0 Å². The Morgan fingerprint density at radius 1 is 1.12 bits per heavy atom. The zero-order valence-corrected chi connectivity index (χ0v) is 19.1. The summed E-state index contributed by atoms with van der Waals surface area (Å²) in [4.78, 5) is 26.1. The van der Waals surface area contributed by atoms with Crippen molar-refractivity contribution in [2.45, 2.75) is 24.2 Å². The molecular weight excluding hydrogens is 428 g/mol. The maximum Gasteiger partial charge on any atom is 0.264 e. The molecule has 2 aromatic rings. The van der Waals surface area contributed by atoms with Gasteiger partial charge in [0.2, 0.25) is 5.91 Å². The highest BCUT2D eigenvalue weighted by atomic mass is 32.2. The summed E-state index contributed by atoms with van der Waals surface area (Å²) in [7, 11) is -2.22. The lowest BCUT2D eigenvalue weighted by Gasteiger charge is -2.31. The molecule has 8 nitrogen and oxygen atoms in total. The Kier molecular flexibility index (Phi) is 7.87.